The fraction of sp³-hybridized carbons (Fsp3) is 0.500. The molecule has 1 aliphatic rings. The lowest BCUT2D eigenvalue weighted by Crippen LogP contribution is -2.35. The normalized spacial score (nSPS) is 16.4. The van der Waals surface area contributed by atoms with E-state index in [0.717, 1.165) is 0 Å². The molecule has 1 aromatic rings. The van der Waals surface area contributed by atoms with Crippen LogP contribution in [0.4, 0.5) is 13.2 Å². The third-order valence-electron chi connectivity index (χ3n) is 1.74. The van der Waals surface area contributed by atoms with Crippen LogP contribution in [0.5, 0.6) is 0 Å². The highest BCUT2D eigenvalue weighted by atomic mass is 32.1. The molecule has 4 nitrogen and oxygen atoms in total. The fourth-order valence-electron chi connectivity index (χ4n) is 1.14. The smallest absolute Gasteiger partial charge is 0.371 e. The first kappa shape index (κ1) is 9.38. The third-order valence-corrected chi connectivity index (χ3v) is 2.06. The van der Waals surface area contributed by atoms with Gasteiger partial charge in [-0.1, -0.05) is 12.2 Å². The first-order chi connectivity index (χ1) is 6.48. The zero-order valence-electron chi connectivity index (χ0n) is 6.80. The van der Waals surface area contributed by atoms with Crippen LogP contribution < -0.4 is 5.32 Å². The molecule has 0 aromatic carbocycles. The van der Waals surface area contributed by atoms with Crippen LogP contribution in [0.2, 0.25) is 0 Å². The van der Waals surface area contributed by atoms with Gasteiger partial charge in [0.1, 0.15) is 4.99 Å². The van der Waals surface area contributed by atoms with E-state index < -0.39 is 12.0 Å². The maximum absolute atomic E-state index is 12.2. The Morgan fingerprint density at radius 2 is 2.14 bits per heavy atom. The van der Waals surface area contributed by atoms with Crippen LogP contribution in [0.25, 0.3) is 0 Å². The molecular weight excluding hydrogens is 217 g/mol. The molecule has 0 unspecified atom stereocenters. The van der Waals surface area contributed by atoms with Gasteiger partial charge in [0.25, 0.3) is 5.82 Å². The van der Waals surface area contributed by atoms with Gasteiger partial charge in [-0.05, 0) is 0 Å². The highest BCUT2D eigenvalue weighted by Gasteiger charge is 2.37. The molecule has 0 saturated carbocycles. The number of halogens is 3. The zero-order valence-corrected chi connectivity index (χ0v) is 7.61. The van der Waals surface area contributed by atoms with Crippen molar-refractivity contribution in [3.05, 3.63) is 11.6 Å². The summed E-state index contributed by atoms with van der Waals surface area (Å²) in [6.07, 6.45) is -4.51. The number of thiocarbonyl (C=S) groups is 1. The third kappa shape index (κ3) is 1.45. The van der Waals surface area contributed by atoms with Crippen LogP contribution in [0.15, 0.2) is 0 Å². The number of hydrogen-bond acceptors (Lipinski definition) is 3. The van der Waals surface area contributed by atoms with E-state index in [1.54, 1.807) is 0 Å². The molecule has 2 heterocycles. The number of aromatic nitrogens is 3. The number of nitrogens with one attached hydrogen (secondary N) is 1. The van der Waals surface area contributed by atoms with E-state index >= 15 is 0 Å². The first-order valence-corrected chi connectivity index (χ1v) is 4.19. The van der Waals surface area contributed by atoms with Gasteiger partial charge in [-0.15, -0.1) is 5.10 Å². The molecule has 1 aliphatic heterocycles. The lowest BCUT2D eigenvalue weighted by atomic mass is 10.4. The van der Waals surface area contributed by atoms with Gasteiger partial charge >= 0.3 is 6.18 Å². The van der Waals surface area contributed by atoms with Gasteiger partial charge in [0, 0.05) is 6.54 Å². The van der Waals surface area contributed by atoms with E-state index in [9.17, 15) is 13.2 Å². The van der Waals surface area contributed by atoms with Gasteiger partial charge in [0.2, 0.25) is 0 Å². The number of hydrogen-bond donors (Lipinski definition) is 1. The van der Waals surface area contributed by atoms with Crippen molar-refractivity contribution in [2.24, 2.45) is 0 Å². The van der Waals surface area contributed by atoms with Crippen LogP contribution in [-0.2, 0) is 12.7 Å². The minimum atomic E-state index is -4.51. The molecule has 0 aliphatic carbocycles. The Labute approximate surface area is 82.1 Å². The summed E-state index contributed by atoms with van der Waals surface area (Å²) in [6.45, 7) is 0.824. The van der Waals surface area contributed by atoms with Crippen molar-refractivity contribution in [2.45, 2.75) is 12.7 Å². The molecule has 0 radical (unpaired) electrons. The number of rotatable bonds is 0. The predicted molar refractivity (Wildman–Crippen MR) is 44.7 cm³/mol. The van der Waals surface area contributed by atoms with Crippen molar-refractivity contribution >= 4 is 17.2 Å². The molecule has 0 atom stereocenters. The minimum Gasteiger partial charge on any atom is -0.371 e. The number of fused-ring (bicyclic) bond motifs is 1. The molecule has 8 heteroatoms. The van der Waals surface area contributed by atoms with Gasteiger partial charge < -0.3 is 5.32 Å². The molecule has 1 N–H and O–H groups in total. The van der Waals surface area contributed by atoms with Crippen molar-refractivity contribution < 1.29 is 13.2 Å². The molecule has 0 bridgehead atoms. The summed E-state index contributed by atoms with van der Waals surface area (Å²) in [6, 6.07) is 0. The second-order valence-corrected chi connectivity index (χ2v) is 3.14. The van der Waals surface area contributed by atoms with E-state index in [-0.39, 0.29) is 10.8 Å². The summed E-state index contributed by atoms with van der Waals surface area (Å²) < 4.78 is 37.8. The monoisotopic (exact) mass is 222 g/mol. The maximum atomic E-state index is 12.2. The lowest BCUT2D eigenvalue weighted by molar-refractivity contribution is -0.145. The Morgan fingerprint density at radius 1 is 1.43 bits per heavy atom. The van der Waals surface area contributed by atoms with Gasteiger partial charge in [-0.2, -0.15) is 13.2 Å². The van der Waals surface area contributed by atoms with Crippen molar-refractivity contribution in [3.8, 4) is 0 Å². The Bertz CT molecular complexity index is 383. The first-order valence-electron chi connectivity index (χ1n) is 3.79. The molecule has 14 heavy (non-hydrogen) atoms. The Kier molecular flexibility index (Phi) is 1.95. The van der Waals surface area contributed by atoms with E-state index in [0.29, 0.717) is 13.1 Å². The van der Waals surface area contributed by atoms with Crippen LogP contribution in [-0.4, -0.2) is 26.3 Å². The maximum Gasteiger partial charge on any atom is 0.453 e. The number of alkyl halides is 3. The minimum absolute atomic E-state index is 0.0820. The summed E-state index contributed by atoms with van der Waals surface area (Å²) in [5, 5.41) is 6.07. The standard InChI is InChI=1S/C6H5F3N4S/c7-6(8,9)5-11-3-4(14)10-1-2-13(3)12-5/h1-2H2,(H,10,14). The van der Waals surface area contributed by atoms with Crippen LogP contribution in [0, 0.1) is 0 Å². The summed E-state index contributed by atoms with van der Waals surface area (Å²) in [7, 11) is 0. The van der Waals surface area contributed by atoms with E-state index in [1.165, 1.54) is 4.68 Å². The van der Waals surface area contributed by atoms with Crippen LogP contribution in [0.3, 0.4) is 0 Å². The second-order valence-electron chi connectivity index (χ2n) is 2.74. The molecule has 2 rings (SSSR count). The summed E-state index contributed by atoms with van der Waals surface area (Å²) in [4.78, 5) is 3.53. The average Bonchev–Trinajstić information content (AvgIpc) is 2.48. The molecule has 0 amide bonds. The SMILES string of the molecule is FC(F)(F)c1nc2n(n1)CCNC2=S. The molecule has 76 valence electrons. The average molecular weight is 222 g/mol. The van der Waals surface area contributed by atoms with Gasteiger partial charge in [-0.3, -0.25) is 0 Å². The Morgan fingerprint density at radius 3 is 2.71 bits per heavy atom. The van der Waals surface area contributed by atoms with Gasteiger partial charge in [-0.25, -0.2) is 9.67 Å². The largest absolute Gasteiger partial charge is 0.453 e. The van der Waals surface area contributed by atoms with Gasteiger partial charge in [0.15, 0.2) is 5.82 Å². The van der Waals surface area contributed by atoms with Crippen molar-refractivity contribution in [2.75, 3.05) is 6.54 Å². The molecular formula is C6H5F3N4S. The van der Waals surface area contributed by atoms with E-state index in [2.05, 4.69) is 15.4 Å². The summed E-state index contributed by atoms with van der Waals surface area (Å²) in [5.41, 5.74) is 0. The van der Waals surface area contributed by atoms with E-state index in [4.69, 9.17) is 12.2 Å². The summed E-state index contributed by atoms with van der Waals surface area (Å²) in [5.74, 6) is -1.06. The summed E-state index contributed by atoms with van der Waals surface area (Å²) >= 11 is 4.79. The van der Waals surface area contributed by atoms with Crippen molar-refractivity contribution in [1.82, 2.24) is 20.1 Å². The highest BCUT2D eigenvalue weighted by Crippen LogP contribution is 2.26. The highest BCUT2D eigenvalue weighted by molar-refractivity contribution is 7.80. The number of nitrogens with zero attached hydrogens (tertiary/aromatic N) is 3. The Hall–Kier alpha value is -1.18. The van der Waals surface area contributed by atoms with E-state index in [1.807, 2.05) is 0 Å². The quantitative estimate of drug-likeness (QED) is 0.652. The van der Waals surface area contributed by atoms with Gasteiger partial charge in [0.05, 0.1) is 6.54 Å². The zero-order chi connectivity index (χ0) is 10.3. The Balaban J connectivity index is 2.45. The lowest BCUT2D eigenvalue weighted by Gasteiger charge is -2.14. The molecule has 0 fully saturated rings. The molecule has 0 spiro atoms. The fourth-order valence-corrected chi connectivity index (χ4v) is 1.39. The van der Waals surface area contributed by atoms with Crippen LogP contribution >= 0.6 is 12.2 Å². The predicted octanol–water partition coefficient (Wildman–Crippen LogP) is 0.576. The van der Waals surface area contributed by atoms with Crippen molar-refractivity contribution in [1.29, 1.82) is 0 Å². The second kappa shape index (κ2) is 2.91. The topological polar surface area (TPSA) is 42.7 Å². The molecule has 1 aromatic heterocycles. The van der Waals surface area contributed by atoms with Crippen LogP contribution in [0.1, 0.15) is 11.6 Å². The molecule has 0 saturated heterocycles. The van der Waals surface area contributed by atoms with Crippen molar-refractivity contribution in [3.63, 3.8) is 0 Å².